The molecule has 0 atom stereocenters. The monoisotopic (exact) mass is 566 g/mol. The molecule has 14 heteroatoms. The molecule has 0 radical (unpaired) electrons. The number of unbranched alkanes of at least 4 members (excludes halogenated alkanes) is 3. The molecule has 10 nitrogen and oxygen atoms in total. The van der Waals surface area contributed by atoms with Crippen LogP contribution in [0.2, 0.25) is 10.0 Å². The fraction of sp³-hybridized carbons (Fsp3) is 0.273. The van der Waals surface area contributed by atoms with Crippen LogP contribution in [-0.2, 0) is 0 Å². The number of guanidine groups is 4. The fourth-order valence-corrected chi connectivity index (χ4v) is 3.04. The van der Waals surface area contributed by atoms with Gasteiger partial charge >= 0.3 is 37.7 Å². The zero-order chi connectivity index (χ0) is 24.8. The average molecular weight is 568 g/mol. The molecule has 10 N–H and O–H groups in total. The number of halogens is 3. The van der Waals surface area contributed by atoms with Gasteiger partial charge in [-0.2, -0.15) is 0 Å². The maximum absolute atomic E-state index is 7.86. The maximum atomic E-state index is 7.86. The first-order chi connectivity index (χ1) is 16.3. The molecule has 0 aliphatic rings. The molecule has 0 aliphatic carbocycles. The van der Waals surface area contributed by atoms with Crippen molar-refractivity contribution in [2.24, 2.45) is 0 Å². The van der Waals surface area contributed by atoms with Gasteiger partial charge < -0.3 is 21.3 Å². The van der Waals surface area contributed by atoms with E-state index in [0.29, 0.717) is 34.5 Å². The van der Waals surface area contributed by atoms with E-state index < -0.39 is 0 Å². The summed E-state index contributed by atoms with van der Waals surface area (Å²) in [6, 6.07) is 13.9. The second-order valence-corrected chi connectivity index (χ2v) is 8.15. The first-order valence-electron chi connectivity index (χ1n) is 10.7. The number of nitrogens with one attached hydrogen (secondary N) is 10. The third-order valence-corrected chi connectivity index (χ3v) is 4.94. The summed E-state index contributed by atoms with van der Waals surface area (Å²) in [6.45, 7) is 1.25. The summed E-state index contributed by atoms with van der Waals surface area (Å²) in [7, 11) is 0. The van der Waals surface area contributed by atoms with Crippen LogP contribution in [-0.4, -0.2) is 74.7 Å². The summed E-state index contributed by atoms with van der Waals surface area (Å²) in [5.41, 5.74) is 1.42. The fourth-order valence-electron chi connectivity index (χ4n) is 2.79. The van der Waals surface area contributed by atoms with E-state index in [9.17, 15) is 0 Å². The van der Waals surface area contributed by atoms with E-state index in [1.54, 1.807) is 48.5 Å². The van der Waals surface area contributed by atoms with Crippen LogP contribution in [0.15, 0.2) is 48.5 Å². The number of rotatable bonds is 9. The van der Waals surface area contributed by atoms with Gasteiger partial charge in [0.15, 0.2) is 23.8 Å². The van der Waals surface area contributed by atoms with Crippen LogP contribution in [0.25, 0.3) is 0 Å². The third kappa shape index (κ3) is 14.9. The zero-order valence-corrected chi connectivity index (χ0v) is 20.5. The molecule has 0 aliphatic heterocycles. The van der Waals surface area contributed by atoms with Crippen molar-refractivity contribution in [2.45, 2.75) is 25.7 Å². The Kier molecular flexibility index (Phi) is 17.7. The standard InChI is InChI=1S/C22H30Cl2N10.Ca.FH.2H/c23-15-5-9-17(10-6-15)31-21(27)33-19(25)29-13-3-1-2-4-14-30-20(26)34-22(28)32-18-11-7-16(24)8-12-18;;;;/h5-12H,1-4,13-14H2,(H5,25,27,29,31,33)(H5,26,28,30,32,34);;1H;;. The van der Waals surface area contributed by atoms with Gasteiger partial charge in [-0.3, -0.25) is 37.0 Å². The van der Waals surface area contributed by atoms with Gasteiger partial charge in [-0.1, -0.05) is 36.0 Å². The van der Waals surface area contributed by atoms with Gasteiger partial charge in [0.2, 0.25) is 0 Å². The predicted molar refractivity (Wildman–Crippen MR) is 153 cm³/mol. The summed E-state index contributed by atoms with van der Waals surface area (Å²) in [5.74, 6) is 0.112. The van der Waals surface area contributed by atoms with E-state index >= 15 is 0 Å². The van der Waals surface area contributed by atoms with Crippen LogP contribution in [0, 0.1) is 21.6 Å². The molecule has 0 unspecified atom stereocenters. The third-order valence-electron chi connectivity index (χ3n) is 4.43. The molecule has 2 rings (SSSR count). The van der Waals surface area contributed by atoms with E-state index in [1.807, 2.05) is 0 Å². The Bertz CT molecular complexity index is 894. The molecular weight excluding hydrogens is 534 g/mol. The molecule has 0 bridgehead atoms. The summed E-state index contributed by atoms with van der Waals surface area (Å²) in [5, 5.41) is 49.5. The predicted octanol–water partition coefficient (Wildman–Crippen LogP) is 3.41. The Balaban J connectivity index is 0.00000612. The minimum absolute atomic E-state index is 0. The Morgan fingerprint density at radius 2 is 0.889 bits per heavy atom. The summed E-state index contributed by atoms with van der Waals surface area (Å²) < 4.78 is 0. The van der Waals surface area contributed by atoms with Crippen molar-refractivity contribution in [3.8, 4) is 0 Å². The Morgan fingerprint density at radius 1 is 0.556 bits per heavy atom. The van der Waals surface area contributed by atoms with Crippen LogP contribution >= 0.6 is 23.2 Å². The molecule has 0 saturated carbocycles. The van der Waals surface area contributed by atoms with Crippen LogP contribution in [0.4, 0.5) is 16.1 Å². The molecule has 194 valence electrons. The molecule has 0 aromatic heterocycles. The van der Waals surface area contributed by atoms with Crippen molar-refractivity contribution in [2.75, 3.05) is 23.7 Å². The quantitative estimate of drug-likeness (QED) is 0.0965. The number of benzene rings is 2. The molecule has 0 saturated heterocycles. The molecule has 2 aromatic carbocycles. The molecule has 0 amide bonds. The van der Waals surface area contributed by atoms with Gasteiger partial charge in [0, 0.05) is 34.5 Å². The van der Waals surface area contributed by atoms with Gasteiger partial charge in [-0.05, 0) is 61.4 Å². The number of hydrogen-bond donors (Lipinski definition) is 10. The molecule has 36 heavy (non-hydrogen) atoms. The second-order valence-electron chi connectivity index (χ2n) is 7.28. The van der Waals surface area contributed by atoms with E-state index in [-0.39, 0.29) is 66.3 Å². The van der Waals surface area contributed by atoms with Crippen molar-refractivity contribution in [3.05, 3.63) is 58.6 Å². The molecular formula is C22H33CaCl2FN10. The zero-order valence-electron chi connectivity index (χ0n) is 19.0. The van der Waals surface area contributed by atoms with Crippen molar-refractivity contribution in [1.82, 2.24) is 21.3 Å². The average Bonchev–Trinajstić information content (AvgIpc) is 2.78. The van der Waals surface area contributed by atoms with Gasteiger partial charge in [0.05, 0.1) is 0 Å². The molecule has 0 fully saturated rings. The summed E-state index contributed by atoms with van der Waals surface area (Å²) in [4.78, 5) is 0. The first kappa shape index (κ1) is 33.7. The van der Waals surface area contributed by atoms with Crippen molar-refractivity contribution >= 4 is 96.2 Å². The van der Waals surface area contributed by atoms with Crippen LogP contribution < -0.4 is 31.9 Å². The molecule has 0 heterocycles. The van der Waals surface area contributed by atoms with E-state index in [2.05, 4.69) is 31.9 Å². The van der Waals surface area contributed by atoms with Gasteiger partial charge in [-0.15, -0.1) is 0 Å². The Labute approximate surface area is 250 Å². The van der Waals surface area contributed by atoms with Gasteiger partial charge in [0.1, 0.15) is 0 Å². The first-order valence-corrected chi connectivity index (χ1v) is 11.5. The second kappa shape index (κ2) is 18.9. The topological polar surface area (TPSA) is 168 Å². The SMILES string of the molecule is F.N=C(NCCCCCCNC(=N)NC(=N)Nc1ccc(Cl)cc1)NC(=N)Nc1ccc(Cl)cc1.[CaH2]. The van der Waals surface area contributed by atoms with E-state index in [0.717, 1.165) is 25.7 Å². The Hall–Kier alpha value is -2.31. The number of anilines is 2. The number of hydrogen-bond acceptors (Lipinski definition) is 4. The van der Waals surface area contributed by atoms with E-state index in [1.165, 1.54) is 0 Å². The van der Waals surface area contributed by atoms with Crippen molar-refractivity contribution < 1.29 is 4.70 Å². The summed E-state index contributed by atoms with van der Waals surface area (Å²) in [6.07, 6.45) is 3.70. The van der Waals surface area contributed by atoms with Gasteiger partial charge in [0.25, 0.3) is 0 Å². The normalized spacial score (nSPS) is 9.50. The summed E-state index contributed by atoms with van der Waals surface area (Å²) >= 11 is 11.7. The van der Waals surface area contributed by atoms with Crippen molar-refractivity contribution in [3.63, 3.8) is 0 Å². The van der Waals surface area contributed by atoms with Crippen molar-refractivity contribution in [1.29, 1.82) is 21.6 Å². The minimum atomic E-state index is -0.00148. The van der Waals surface area contributed by atoms with Crippen LogP contribution in [0.5, 0.6) is 0 Å². The molecule has 0 spiro atoms. The van der Waals surface area contributed by atoms with Crippen LogP contribution in [0.3, 0.4) is 0 Å². The Morgan fingerprint density at radius 3 is 1.22 bits per heavy atom. The van der Waals surface area contributed by atoms with E-state index in [4.69, 9.17) is 44.8 Å². The van der Waals surface area contributed by atoms with Gasteiger partial charge in [-0.25, -0.2) is 0 Å². The molecule has 2 aromatic rings. The van der Waals surface area contributed by atoms with Crippen LogP contribution in [0.1, 0.15) is 25.7 Å².